The van der Waals surface area contributed by atoms with Gasteiger partial charge in [-0.1, -0.05) is 58.1 Å². The molecular formula is C49H60F4N8O7S. The first kappa shape index (κ1) is 50.3. The lowest BCUT2D eigenvalue weighted by molar-refractivity contribution is -0.139. The number of halogens is 4. The highest BCUT2D eigenvalue weighted by atomic mass is 32.5. The van der Waals surface area contributed by atoms with Gasteiger partial charge in [0.2, 0.25) is 17.7 Å². The molecule has 372 valence electrons. The number of ether oxygens (including phenoxy) is 2. The number of aromatic amines is 1. The third kappa shape index (κ3) is 11.2. The minimum Gasteiger partial charge on any atom is -0.453 e. The summed E-state index contributed by atoms with van der Waals surface area (Å²) >= 11 is 0. The number of carbonyl (C=O) groups excluding carboxylic acids is 5. The molecule has 1 unspecified atom stereocenters. The number of imidazole rings is 1. The summed E-state index contributed by atoms with van der Waals surface area (Å²) in [6.07, 6.45) is 9.00. The van der Waals surface area contributed by atoms with Crippen molar-refractivity contribution in [3.05, 3.63) is 102 Å². The monoisotopic (exact) mass is 980 g/mol. The molecule has 5 atom stereocenters. The number of rotatable bonds is 14. The van der Waals surface area contributed by atoms with Gasteiger partial charge in [-0.05, 0) is 104 Å². The minimum absolute atomic E-state index is 0.116. The van der Waals surface area contributed by atoms with Gasteiger partial charge in [-0.2, -0.15) is 0 Å². The number of aromatic nitrogens is 3. The van der Waals surface area contributed by atoms with Crippen molar-refractivity contribution >= 4 is 51.0 Å². The number of hydrogen-bond donors (Lipinski definition) is 4. The van der Waals surface area contributed by atoms with Crippen molar-refractivity contribution in [2.24, 2.45) is 11.8 Å². The second-order valence-corrected chi connectivity index (χ2v) is 22.1. The Labute approximate surface area is 398 Å². The predicted molar refractivity (Wildman–Crippen MR) is 256 cm³/mol. The highest BCUT2D eigenvalue weighted by Gasteiger charge is 2.59. The summed E-state index contributed by atoms with van der Waals surface area (Å²) in [7, 11) is -6.02. The molecule has 4 heterocycles. The standard InChI is InChI=1S/C49H60F4N8O7S/c1-29(2)42(57-48(65)67-5)46(63)59-26-8-10-40(59)44-54-28-37(56-44)31-12-14-32(15-13-31)38-24-25-39(61(38)35-20-22-36(23-21-35)69(7,50,51,52)53)33-16-18-34(19-17-33)55-45(62)41-11-9-27-60(41)47(64)43(30(3)4)58-49(66)68-6/h12,14-25,28-31,40-43H,8-11,13,26-27H2,1-7H3,(H,54,56)(H,55,62)(H,57,65)(H,58,66)/t31?,40-,41-,42-,43-/m0/s1. The zero-order chi connectivity index (χ0) is 50.1. The van der Waals surface area contributed by atoms with Crippen molar-refractivity contribution in [3.8, 4) is 16.9 Å². The molecule has 20 heteroatoms. The van der Waals surface area contributed by atoms with Crippen molar-refractivity contribution in [2.45, 2.75) is 94.8 Å². The first-order valence-corrected chi connectivity index (χ1v) is 25.4. The third-order valence-corrected chi connectivity index (χ3v) is 14.4. The molecule has 7 rings (SSSR count). The Bertz CT molecular complexity index is 2650. The van der Waals surface area contributed by atoms with E-state index in [9.17, 15) is 39.5 Å². The number of amides is 5. The van der Waals surface area contributed by atoms with Gasteiger partial charge < -0.3 is 44.8 Å². The molecule has 4 N–H and O–H groups in total. The molecule has 4 aromatic rings. The van der Waals surface area contributed by atoms with E-state index in [1.165, 1.54) is 31.3 Å². The first-order valence-electron chi connectivity index (χ1n) is 22.9. The summed E-state index contributed by atoms with van der Waals surface area (Å²) in [4.78, 5) is 74.9. The van der Waals surface area contributed by atoms with Gasteiger partial charge in [-0.25, -0.2) is 14.6 Å². The normalized spacial score (nSPS) is 20.2. The second kappa shape index (κ2) is 19.1. The molecule has 15 nitrogen and oxygen atoms in total. The van der Waals surface area contributed by atoms with Crippen molar-refractivity contribution in [1.29, 1.82) is 0 Å². The van der Waals surface area contributed by atoms with Crippen molar-refractivity contribution < 1.29 is 49.0 Å². The van der Waals surface area contributed by atoms with Crippen LogP contribution in [0.15, 0.2) is 90.0 Å². The van der Waals surface area contributed by atoms with Crippen LogP contribution in [0, 0.1) is 11.8 Å². The number of carbonyl (C=O) groups is 5. The third-order valence-electron chi connectivity index (χ3n) is 12.9. The fourth-order valence-corrected chi connectivity index (χ4v) is 10.00. The molecule has 2 saturated heterocycles. The molecule has 2 aliphatic heterocycles. The molecule has 2 fully saturated rings. The van der Waals surface area contributed by atoms with E-state index < -0.39 is 51.0 Å². The van der Waals surface area contributed by atoms with Gasteiger partial charge >= 0.3 is 12.2 Å². The fraction of sp³-hybridized carbons (Fsp3) is 0.429. The van der Waals surface area contributed by atoms with Crippen LogP contribution < -0.4 is 16.0 Å². The van der Waals surface area contributed by atoms with Crippen LogP contribution in [0.2, 0.25) is 0 Å². The number of H-pyrrole nitrogens is 1. The predicted octanol–water partition coefficient (Wildman–Crippen LogP) is 9.75. The average molecular weight is 981 g/mol. The van der Waals surface area contributed by atoms with E-state index in [4.69, 9.17) is 9.47 Å². The highest BCUT2D eigenvalue weighted by Crippen LogP contribution is 2.98. The Morgan fingerprint density at radius 1 is 0.768 bits per heavy atom. The molecule has 0 spiro atoms. The van der Waals surface area contributed by atoms with E-state index in [1.807, 2.05) is 44.2 Å². The largest absolute Gasteiger partial charge is 0.453 e. The van der Waals surface area contributed by atoms with Gasteiger partial charge in [0.15, 0.2) is 9.84 Å². The zero-order valence-corrected chi connectivity index (χ0v) is 40.5. The fourth-order valence-electron chi connectivity index (χ4n) is 9.18. The maximum Gasteiger partial charge on any atom is 0.407 e. The number of benzene rings is 2. The van der Waals surface area contributed by atoms with Crippen LogP contribution in [0.5, 0.6) is 0 Å². The Balaban J connectivity index is 1.11. The van der Waals surface area contributed by atoms with Gasteiger partial charge in [0.25, 0.3) is 0 Å². The van der Waals surface area contributed by atoms with Gasteiger partial charge in [-0.3, -0.25) is 14.4 Å². The summed E-state index contributed by atoms with van der Waals surface area (Å²) in [5.74, 6) is -0.921. The van der Waals surface area contributed by atoms with Crippen molar-refractivity contribution in [3.63, 3.8) is 0 Å². The van der Waals surface area contributed by atoms with Gasteiger partial charge in [-0.15, -0.1) is 15.5 Å². The molecule has 5 amide bonds. The summed E-state index contributed by atoms with van der Waals surface area (Å²) in [5, 5.41) is 8.14. The lowest BCUT2D eigenvalue weighted by Gasteiger charge is -2.46. The molecular weight excluding hydrogens is 921 g/mol. The number of alkyl carbamates (subject to hydrolysis) is 2. The molecule has 0 bridgehead atoms. The molecule has 69 heavy (non-hydrogen) atoms. The van der Waals surface area contributed by atoms with Crippen LogP contribution in [-0.4, -0.2) is 106 Å². The Morgan fingerprint density at radius 2 is 1.35 bits per heavy atom. The maximum atomic E-state index is 14.5. The topological polar surface area (TPSA) is 180 Å². The van der Waals surface area contributed by atoms with Crippen LogP contribution in [0.1, 0.15) is 89.0 Å². The Kier molecular flexibility index (Phi) is 13.9. The summed E-state index contributed by atoms with van der Waals surface area (Å²) in [6.45, 7) is 8.13. The molecule has 0 radical (unpaired) electrons. The molecule has 2 aromatic carbocycles. The van der Waals surface area contributed by atoms with Crippen molar-refractivity contribution in [2.75, 3.05) is 38.9 Å². The zero-order valence-electron chi connectivity index (χ0n) is 39.6. The highest BCUT2D eigenvalue weighted by molar-refractivity contribution is 8.49. The lowest BCUT2D eigenvalue weighted by atomic mass is 9.93. The number of likely N-dealkylation sites (tertiary alicyclic amines) is 2. The van der Waals surface area contributed by atoms with E-state index in [1.54, 1.807) is 53.8 Å². The lowest BCUT2D eigenvalue weighted by Crippen LogP contribution is -2.54. The SMILES string of the molecule is COC(=O)N[C@H](C(=O)N1CCC[C@H]1C(=O)Nc1ccc(-c2ccc(C3=CCC(c4cnc([C@@H]5CCCN5C(=O)[C@@H](NC(=O)OC)C(C)C)[nH]4)C=C3)n2-c2ccc(S(C)(F)(F)(F)F)cc2)cc1)C(C)C. The average Bonchev–Trinajstić information content (AvgIpc) is 4.16. The van der Waals surface area contributed by atoms with E-state index in [-0.39, 0.29) is 41.9 Å². The second-order valence-electron chi connectivity index (χ2n) is 18.7. The number of nitrogens with one attached hydrogen (secondary N) is 4. The molecule has 2 aromatic heterocycles. The molecule has 3 aliphatic rings. The van der Waals surface area contributed by atoms with Crippen molar-refractivity contribution in [1.82, 2.24) is 35.0 Å². The molecule has 1 aliphatic carbocycles. The smallest absolute Gasteiger partial charge is 0.407 e. The number of hydrogen-bond acceptors (Lipinski definition) is 8. The van der Waals surface area contributed by atoms with Gasteiger partial charge in [0, 0.05) is 42.3 Å². The number of anilines is 1. The maximum absolute atomic E-state index is 14.5. The number of methoxy groups -OCH3 is 2. The van der Waals surface area contributed by atoms with Crippen LogP contribution in [0.4, 0.5) is 30.8 Å². The summed E-state index contributed by atoms with van der Waals surface area (Å²) < 4.78 is 69.3. The van der Waals surface area contributed by atoms with Gasteiger partial charge in [0.05, 0.1) is 42.8 Å². The number of nitrogens with zero attached hydrogens (tertiary/aromatic N) is 4. The number of allylic oxidation sites excluding steroid dienone is 4. The van der Waals surface area contributed by atoms with E-state index >= 15 is 0 Å². The Hall–Kier alpha value is -6.57. The van der Waals surface area contributed by atoms with Gasteiger partial charge in [0.1, 0.15) is 23.9 Å². The van der Waals surface area contributed by atoms with E-state index in [0.717, 1.165) is 29.8 Å². The van der Waals surface area contributed by atoms with Crippen LogP contribution in [0.3, 0.4) is 0 Å². The van der Waals surface area contributed by atoms with E-state index in [2.05, 4.69) is 25.9 Å². The first-order chi connectivity index (χ1) is 32.5. The quantitative estimate of drug-likeness (QED) is 0.0902. The summed E-state index contributed by atoms with van der Waals surface area (Å²) in [5.41, 5.74) is 4.34. The Morgan fingerprint density at radius 3 is 1.91 bits per heavy atom. The molecule has 0 saturated carbocycles. The van der Waals surface area contributed by atoms with Crippen LogP contribution in [0.25, 0.3) is 22.5 Å². The van der Waals surface area contributed by atoms with Crippen LogP contribution >= 0.6 is 9.84 Å². The van der Waals surface area contributed by atoms with Crippen LogP contribution in [-0.2, 0) is 23.9 Å². The minimum atomic E-state index is -8.48. The summed E-state index contributed by atoms with van der Waals surface area (Å²) in [6, 6.07) is 11.9. The van der Waals surface area contributed by atoms with E-state index in [0.29, 0.717) is 72.9 Å².